The molecule has 2 aromatic carbocycles. The van der Waals surface area contributed by atoms with E-state index in [0.717, 1.165) is 39.3 Å². The Morgan fingerprint density at radius 1 is 1.10 bits per heavy atom. The monoisotopic (exact) mass is 587 g/mol. The summed E-state index contributed by atoms with van der Waals surface area (Å²) >= 11 is 2.79. The number of ether oxygens (including phenoxy) is 3. The van der Waals surface area contributed by atoms with E-state index in [2.05, 4.69) is 15.1 Å². The first-order chi connectivity index (χ1) is 19.9. The van der Waals surface area contributed by atoms with Gasteiger partial charge in [0.1, 0.15) is 34.3 Å². The molecule has 41 heavy (non-hydrogen) atoms. The molecule has 0 N–H and O–H groups in total. The Balaban J connectivity index is 1.18. The fraction of sp³-hybridized carbons (Fsp3) is 0.241. The van der Waals surface area contributed by atoms with Gasteiger partial charge in [-0.25, -0.2) is 14.5 Å². The number of rotatable bonds is 7. The Bertz CT molecular complexity index is 1920. The van der Waals surface area contributed by atoms with Crippen LogP contribution in [0.4, 0.5) is 5.69 Å². The van der Waals surface area contributed by atoms with Crippen molar-refractivity contribution in [3.8, 4) is 28.1 Å². The van der Waals surface area contributed by atoms with Crippen molar-refractivity contribution in [3.05, 3.63) is 69.3 Å². The lowest BCUT2D eigenvalue weighted by molar-refractivity contribution is 0.0992. The van der Waals surface area contributed by atoms with E-state index in [9.17, 15) is 4.79 Å². The molecule has 1 aliphatic rings. The molecule has 0 saturated carbocycles. The van der Waals surface area contributed by atoms with Crippen LogP contribution in [0.1, 0.15) is 31.5 Å². The molecule has 0 spiro atoms. The summed E-state index contributed by atoms with van der Waals surface area (Å²) in [5.41, 5.74) is 5.13. The topological polar surface area (TPSA) is 104 Å². The largest absolute Gasteiger partial charge is 0.496 e. The van der Waals surface area contributed by atoms with Crippen LogP contribution in [0.3, 0.4) is 0 Å². The predicted molar refractivity (Wildman–Crippen MR) is 157 cm³/mol. The molecule has 0 fully saturated rings. The standard InChI is InChI=1S/C29H25N5O5S2/c1-15-26(40-16(2)30-15)27(35)33-9-8-19-17(6-5-7-22(19)33)14-38-23-10-18(36-3)11-24-20(23)12-25(39-24)21-13-34-28(31-21)41-29(32-34)37-4/h5-7,10-13H,8-9,14H2,1-4H3. The summed E-state index contributed by atoms with van der Waals surface area (Å²) in [6.45, 7) is 4.76. The summed E-state index contributed by atoms with van der Waals surface area (Å²) in [6, 6.07) is 11.6. The minimum Gasteiger partial charge on any atom is -0.496 e. The van der Waals surface area contributed by atoms with Crippen molar-refractivity contribution in [1.29, 1.82) is 0 Å². The Morgan fingerprint density at radius 3 is 2.73 bits per heavy atom. The van der Waals surface area contributed by atoms with E-state index in [-0.39, 0.29) is 5.91 Å². The summed E-state index contributed by atoms with van der Waals surface area (Å²) < 4.78 is 25.0. The van der Waals surface area contributed by atoms with Crippen LogP contribution in [0.25, 0.3) is 27.4 Å². The van der Waals surface area contributed by atoms with Crippen molar-refractivity contribution in [2.24, 2.45) is 0 Å². The number of hydrogen-bond acceptors (Lipinski definition) is 10. The van der Waals surface area contributed by atoms with Crippen molar-refractivity contribution in [2.45, 2.75) is 26.9 Å². The van der Waals surface area contributed by atoms with Crippen LogP contribution in [-0.4, -0.2) is 46.3 Å². The first kappa shape index (κ1) is 25.5. The second-order valence-electron chi connectivity index (χ2n) is 9.63. The van der Waals surface area contributed by atoms with Crippen LogP contribution in [-0.2, 0) is 13.0 Å². The van der Waals surface area contributed by atoms with Gasteiger partial charge < -0.3 is 23.5 Å². The molecule has 0 bridgehead atoms. The number of amides is 1. The van der Waals surface area contributed by atoms with Gasteiger partial charge >= 0.3 is 0 Å². The highest BCUT2D eigenvalue weighted by molar-refractivity contribution is 7.18. The molecule has 208 valence electrons. The molecule has 0 atom stereocenters. The number of anilines is 1. The van der Waals surface area contributed by atoms with Gasteiger partial charge in [-0.3, -0.25) is 4.79 Å². The molecule has 0 unspecified atom stereocenters. The van der Waals surface area contributed by atoms with Gasteiger partial charge in [0, 0.05) is 24.4 Å². The van der Waals surface area contributed by atoms with E-state index in [1.54, 1.807) is 24.9 Å². The van der Waals surface area contributed by atoms with Gasteiger partial charge in [0.2, 0.25) is 4.96 Å². The zero-order chi connectivity index (χ0) is 28.2. The van der Waals surface area contributed by atoms with Crippen LogP contribution in [0.15, 0.2) is 47.0 Å². The van der Waals surface area contributed by atoms with E-state index < -0.39 is 0 Å². The highest BCUT2D eigenvalue weighted by Crippen LogP contribution is 2.39. The normalized spacial score (nSPS) is 12.8. The number of hydrogen-bond donors (Lipinski definition) is 0. The Hall–Kier alpha value is -4.42. The quantitative estimate of drug-likeness (QED) is 0.222. The minimum absolute atomic E-state index is 0.00172. The van der Waals surface area contributed by atoms with E-state index >= 15 is 0 Å². The molecule has 7 rings (SSSR count). The molecule has 5 heterocycles. The first-order valence-electron chi connectivity index (χ1n) is 12.9. The third-order valence-corrected chi connectivity index (χ3v) is 9.06. The highest BCUT2D eigenvalue weighted by Gasteiger charge is 2.29. The van der Waals surface area contributed by atoms with Gasteiger partial charge in [-0.05, 0) is 54.9 Å². The number of nitrogens with zero attached hydrogens (tertiary/aromatic N) is 5. The zero-order valence-corrected chi connectivity index (χ0v) is 24.4. The third-order valence-electron chi connectivity index (χ3n) is 7.11. The van der Waals surface area contributed by atoms with Gasteiger partial charge in [0.25, 0.3) is 11.1 Å². The summed E-state index contributed by atoms with van der Waals surface area (Å²) in [4.78, 5) is 25.7. The average Bonchev–Trinajstić information content (AvgIpc) is 3.78. The highest BCUT2D eigenvalue weighted by atomic mass is 32.1. The lowest BCUT2D eigenvalue weighted by Gasteiger charge is -2.17. The SMILES string of the molecule is COc1cc(OCc2cccc3c2CCN3C(=O)c2sc(C)nc2C)c2cc(-c3cn4nc(OC)sc4n3)oc2c1. The third kappa shape index (κ3) is 4.39. The number of aromatic nitrogens is 4. The number of carbonyl (C=O) groups excluding carboxylic acids is 1. The maximum atomic E-state index is 13.4. The van der Waals surface area contributed by atoms with Crippen LogP contribution >= 0.6 is 22.7 Å². The van der Waals surface area contributed by atoms with E-state index in [1.807, 2.05) is 55.1 Å². The number of furan rings is 1. The summed E-state index contributed by atoms with van der Waals surface area (Å²) in [7, 11) is 3.19. The summed E-state index contributed by atoms with van der Waals surface area (Å²) in [5.74, 6) is 1.85. The average molecular weight is 588 g/mol. The fourth-order valence-electron chi connectivity index (χ4n) is 5.19. The smallest absolute Gasteiger partial charge is 0.294 e. The second kappa shape index (κ2) is 9.89. The summed E-state index contributed by atoms with van der Waals surface area (Å²) in [6.07, 6.45) is 2.57. The first-order valence-corrected chi connectivity index (χ1v) is 14.6. The number of carbonyl (C=O) groups is 1. The summed E-state index contributed by atoms with van der Waals surface area (Å²) in [5, 5.41) is 6.58. The molecular weight excluding hydrogens is 562 g/mol. The van der Waals surface area contributed by atoms with E-state index in [1.165, 1.54) is 22.7 Å². The van der Waals surface area contributed by atoms with Crippen LogP contribution < -0.4 is 19.1 Å². The number of benzene rings is 2. The second-order valence-corrected chi connectivity index (χ2v) is 11.8. The Kier molecular flexibility index (Phi) is 6.16. The van der Waals surface area contributed by atoms with Crippen LogP contribution in [0.2, 0.25) is 0 Å². The number of thiazole rings is 1. The van der Waals surface area contributed by atoms with Crippen LogP contribution in [0.5, 0.6) is 16.7 Å². The molecular formula is C29H25N5O5S2. The van der Waals surface area contributed by atoms with Crippen molar-refractivity contribution >= 4 is 50.2 Å². The van der Waals surface area contributed by atoms with Crippen molar-refractivity contribution < 1.29 is 23.4 Å². The van der Waals surface area contributed by atoms with Gasteiger partial charge in [-0.15, -0.1) is 16.4 Å². The zero-order valence-electron chi connectivity index (χ0n) is 22.8. The van der Waals surface area contributed by atoms with Gasteiger partial charge in [-0.1, -0.05) is 12.1 Å². The number of fused-ring (bicyclic) bond motifs is 3. The van der Waals surface area contributed by atoms with Crippen molar-refractivity contribution in [3.63, 3.8) is 0 Å². The van der Waals surface area contributed by atoms with Gasteiger partial charge in [-0.2, -0.15) is 0 Å². The molecule has 12 heteroatoms. The molecule has 4 aromatic heterocycles. The Labute approximate surface area is 242 Å². The lowest BCUT2D eigenvalue weighted by atomic mass is 10.1. The molecule has 1 aliphatic heterocycles. The van der Waals surface area contributed by atoms with E-state index in [0.29, 0.717) is 56.7 Å². The molecule has 0 saturated heterocycles. The molecule has 10 nitrogen and oxygen atoms in total. The number of imidazole rings is 1. The molecule has 6 aromatic rings. The maximum absolute atomic E-state index is 13.4. The van der Waals surface area contributed by atoms with Crippen molar-refractivity contribution in [2.75, 3.05) is 25.7 Å². The van der Waals surface area contributed by atoms with Crippen molar-refractivity contribution in [1.82, 2.24) is 19.6 Å². The van der Waals surface area contributed by atoms with Gasteiger partial charge in [0.05, 0.1) is 36.5 Å². The molecule has 0 radical (unpaired) electrons. The maximum Gasteiger partial charge on any atom is 0.294 e. The van der Waals surface area contributed by atoms with Crippen LogP contribution in [0, 0.1) is 13.8 Å². The lowest BCUT2D eigenvalue weighted by Crippen LogP contribution is -2.28. The molecule has 1 amide bonds. The number of methoxy groups -OCH3 is 2. The molecule has 0 aliphatic carbocycles. The fourth-order valence-corrected chi connectivity index (χ4v) is 6.76. The predicted octanol–water partition coefficient (Wildman–Crippen LogP) is 6.08. The van der Waals surface area contributed by atoms with E-state index in [4.69, 9.17) is 18.6 Å². The Morgan fingerprint density at radius 2 is 1.98 bits per heavy atom. The number of aryl methyl sites for hydroxylation is 2. The minimum atomic E-state index is -0.00172. The van der Waals surface area contributed by atoms with Gasteiger partial charge in [0.15, 0.2) is 5.76 Å².